The van der Waals surface area contributed by atoms with Crippen LogP contribution in [0.3, 0.4) is 0 Å². The summed E-state index contributed by atoms with van der Waals surface area (Å²) in [4.78, 5) is 25.6. The van der Waals surface area contributed by atoms with E-state index in [1.165, 1.54) is 31.4 Å². The first-order valence-corrected chi connectivity index (χ1v) is 12.1. The van der Waals surface area contributed by atoms with Crippen molar-refractivity contribution in [2.75, 3.05) is 17.7 Å². The van der Waals surface area contributed by atoms with Gasteiger partial charge in [-0.3, -0.25) is 9.59 Å². The quantitative estimate of drug-likeness (QED) is 0.284. The van der Waals surface area contributed by atoms with Crippen molar-refractivity contribution in [1.82, 2.24) is 0 Å². The van der Waals surface area contributed by atoms with Gasteiger partial charge in [0.05, 0.1) is 33.8 Å². The van der Waals surface area contributed by atoms with Gasteiger partial charge in [-0.25, -0.2) is 13.2 Å². The second-order valence-corrected chi connectivity index (χ2v) is 10.6. The second-order valence-electron chi connectivity index (χ2n) is 7.91. The fourth-order valence-corrected chi connectivity index (χ4v) is 5.45. The summed E-state index contributed by atoms with van der Waals surface area (Å²) in [6.45, 7) is 0. The van der Waals surface area contributed by atoms with Crippen molar-refractivity contribution >= 4 is 73.9 Å². The first-order chi connectivity index (χ1) is 16.9. The number of carbonyl (C=O) groups is 2. The van der Waals surface area contributed by atoms with Gasteiger partial charge >= 0.3 is 0 Å². The predicted octanol–water partition coefficient (Wildman–Crippen LogP) is 7.31. The molecule has 0 heterocycles. The second kappa shape index (κ2) is 10.1. The number of nitrogens with one attached hydrogen (secondary N) is 2. The Hall–Kier alpha value is -2.46. The zero-order valence-corrected chi connectivity index (χ0v) is 22.0. The lowest BCUT2D eigenvalue weighted by atomic mass is 10.1. The smallest absolute Gasteiger partial charge is 0.257 e. The van der Waals surface area contributed by atoms with Gasteiger partial charge in [0, 0.05) is 17.7 Å². The van der Waals surface area contributed by atoms with Crippen molar-refractivity contribution in [3.63, 3.8) is 0 Å². The summed E-state index contributed by atoms with van der Waals surface area (Å²) in [5.41, 5.74) is 0.253. The van der Waals surface area contributed by atoms with Crippen LogP contribution >= 0.6 is 50.7 Å². The number of halogens is 7. The Morgan fingerprint density at radius 1 is 1.00 bits per heavy atom. The maximum atomic E-state index is 14.4. The van der Waals surface area contributed by atoms with Gasteiger partial charge < -0.3 is 15.4 Å². The van der Waals surface area contributed by atoms with Gasteiger partial charge in [0.15, 0.2) is 11.6 Å². The Balaban J connectivity index is 1.52. The minimum absolute atomic E-state index is 0.00244. The summed E-state index contributed by atoms with van der Waals surface area (Å²) in [5.74, 6) is -5.41. The molecule has 1 saturated carbocycles. The Kier molecular flexibility index (Phi) is 7.48. The zero-order chi connectivity index (χ0) is 26.4. The van der Waals surface area contributed by atoms with Crippen LogP contribution in [0, 0.1) is 23.4 Å². The van der Waals surface area contributed by atoms with Gasteiger partial charge in [0.25, 0.3) is 5.91 Å². The van der Waals surface area contributed by atoms with Crippen LogP contribution < -0.4 is 15.4 Å². The highest BCUT2D eigenvalue weighted by molar-refractivity contribution is 9.10. The highest BCUT2D eigenvalue weighted by Crippen LogP contribution is 2.65. The van der Waals surface area contributed by atoms with Gasteiger partial charge in [-0.15, -0.1) is 23.2 Å². The van der Waals surface area contributed by atoms with Crippen molar-refractivity contribution in [1.29, 1.82) is 0 Å². The van der Waals surface area contributed by atoms with Crippen LogP contribution in [-0.4, -0.2) is 23.3 Å². The van der Waals surface area contributed by atoms with E-state index < -0.39 is 45.4 Å². The van der Waals surface area contributed by atoms with Gasteiger partial charge in [-0.1, -0.05) is 11.6 Å². The van der Waals surface area contributed by atoms with Crippen LogP contribution in [0.4, 0.5) is 24.5 Å². The lowest BCUT2D eigenvalue weighted by Gasteiger charge is -2.11. The summed E-state index contributed by atoms with van der Waals surface area (Å²) < 4.78 is 45.2. The van der Waals surface area contributed by atoms with E-state index in [1.807, 2.05) is 0 Å². The molecule has 0 radical (unpaired) electrons. The molecule has 1 fully saturated rings. The summed E-state index contributed by atoms with van der Waals surface area (Å²) in [7, 11) is 1.32. The lowest BCUT2D eigenvalue weighted by Crippen LogP contribution is -2.18. The molecular formula is C24H15BrCl3F3N2O3. The first kappa shape index (κ1) is 26.6. The van der Waals surface area contributed by atoms with E-state index in [2.05, 4.69) is 26.6 Å². The Morgan fingerprint density at radius 2 is 1.72 bits per heavy atom. The SMILES string of the molecule is COc1c(F)cc(C2C(C(=O)Nc3ccc(Cl)c(C(=O)Nc4ccc(F)cc4F)c3)C2(Cl)Cl)cc1Br. The summed E-state index contributed by atoms with van der Waals surface area (Å²) in [6.07, 6.45) is 0. The predicted molar refractivity (Wildman–Crippen MR) is 136 cm³/mol. The molecule has 1 aliphatic rings. The molecule has 188 valence electrons. The number of methoxy groups -OCH3 is 1. The fraction of sp³-hybridized carbons (Fsp3) is 0.167. The molecule has 3 aromatic carbocycles. The molecule has 0 bridgehead atoms. The summed E-state index contributed by atoms with van der Waals surface area (Å²) >= 11 is 22.1. The Morgan fingerprint density at radius 3 is 2.36 bits per heavy atom. The van der Waals surface area contributed by atoms with Crippen LogP contribution in [0.2, 0.25) is 5.02 Å². The normalized spacial score (nSPS) is 17.9. The molecule has 2 atom stereocenters. The molecule has 1 aliphatic carbocycles. The molecule has 0 aliphatic heterocycles. The van der Waals surface area contributed by atoms with E-state index in [0.717, 1.165) is 12.1 Å². The zero-order valence-electron chi connectivity index (χ0n) is 18.1. The summed E-state index contributed by atoms with van der Waals surface area (Å²) in [5, 5.41) is 4.95. The number of amides is 2. The largest absolute Gasteiger partial charge is 0.492 e. The average molecular weight is 623 g/mol. The van der Waals surface area contributed by atoms with Crippen LogP contribution in [0.15, 0.2) is 53.0 Å². The number of ether oxygens (including phenoxy) is 1. The van der Waals surface area contributed by atoms with E-state index in [0.29, 0.717) is 16.1 Å². The van der Waals surface area contributed by atoms with E-state index >= 15 is 0 Å². The van der Waals surface area contributed by atoms with Gasteiger partial charge in [0.1, 0.15) is 16.0 Å². The van der Waals surface area contributed by atoms with Crippen molar-refractivity contribution in [3.8, 4) is 5.75 Å². The highest BCUT2D eigenvalue weighted by atomic mass is 79.9. The fourth-order valence-electron chi connectivity index (χ4n) is 3.80. The minimum Gasteiger partial charge on any atom is -0.492 e. The van der Waals surface area contributed by atoms with Crippen molar-refractivity contribution in [3.05, 3.63) is 86.6 Å². The van der Waals surface area contributed by atoms with Crippen molar-refractivity contribution in [2.24, 2.45) is 5.92 Å². The molecule has 5 nitrogen and oxygen atoms in total. The van der Waals surface area contributed by atoms with Crippen molar-refractivity contribution < 1.29 is 27.5 Å². The third kappa shape index (κ3) is 5.16. The van der Waals surface area contributed by atoms with Crippen LogP contribution in [-0.2, 0) is 4.79 Å². The molecule has 0 saturated heterocycles. The molecule has 0 aromatic heterocycles. The molecule has 3 aromatic rings. The number of alkyl halides is 2. The molecule has 2 N–H and O–H groups in total. The summed E-state index contributed by atoms with van der Waals surface area (Å²) in [6, 6.07) is 9.53. The standard InChI is InChI=1S/C24H15BrCl3F3N2O3/c1-36-21-14(25)6-10(7-17(21)31)19-20(24(19,27)28)23(35)32-12-3-4-15(26)13(9-12)22(34)33-18-5-2-11(29)8-16(18)30/h2-9,19-20H,1H3,(H,32,35)(H,33,34). The van der Waals surface area contributed by atoms with E-state index in [9.17, 15) is 22.8 Å². The van der Waals surface area contributed by atoms with Gasteiger partial charge in [0.2, 0.25) is 5.91 Å². The highest BCUT2D eigenvalue weighted by Gasteiger charge is 2.67. The van der Waals surface area contributed by atoms with Crippen LogP contribution in [0.1, 0.15) is 21.8 Å². The monoisotopic (exact) mass is 620 g/mol. The molecule has 36 heavy (non-hydrogen) atoms. The molecule has 2 amide bonds. The lowest BCUT2D eigenvalue weighted by molar-refractivity contribution is -0.117. The minimum atomic E-state index is -1.50. The number of hydrogen-bond donors (Lipinski definition) is 2. The number of hydrogen-bond acceptors (Lipinski definition) is 3. The van der Waals surface area contributed by atoms with Crippen molar-refractivity contribution in [2.45, 2.75) is 10.3 Å². The van der Waals surface area contributed by atoms with Gasteiger partial charge in [-0.2, -0.15) is 0 Å². The molecule has 0 spiro atoms. The molecule has 4 rings (SSSR count). The third-order valence-electron chi connectivity index (χ3n) is 5.58. The van der Waals surface area contributed by atoms with Crippen LogP contribution in [0.25, 0.3) is 0 Å². The number of benzene rings is 3. The number of carbonyl (C=O) groups excluding carboxylic acids is 2. The maximum Gasteiger partial charge on any atom is 0.257 e. The van der Waals surface area contributed by atoms with Gasteiger partial charge in [-0.05, 0) is 64.0 Å². The van der Waals surface area contributed by atoms with E-state index in [1.54, 1.807) is 6.07 Å². The topological polar surface area (TPSA) is 67.4 Å². The van der Waals surface area contributed by atoms with E-state index in [4.69, 9.17) is 39.5 Å². The number of anilines is 2. The average Bonchev–Trinajstić information content (AvgIpc) is 3.38. The Labute approximate surface area is 227 Å². The third-order valence-corrected chi connectivity index (χ3v) is 7.44. The number of rotatable bonds is 6. The molecule has 2 unspecified atom stereocenters. The maximum absolute atomic E-state index is 14.4. The van der Waals surface area contributed by atoms with Crippen LogP contribution in [0.5, 0.6) is 5.75 Å². The van der Waals surface area contributed by atoms with E-state index in [-0.39, 0.29) is 27.7 Å². The first-order valence-electron chi connectivity index (χ1n) is 10.2. The Bertz CT molecular complexity index is 1370. The molecule has 12 heteroatoms. The molecular weight excluding hydrogens is 608 g/mol.